The van der Waals surface area contributed by atoms with Gasteiger partial charge in [0.2, 0.25) is 11.8 Å². The molecule has 0 atom stereocenters. The van der Waals surface area contributed by atoms with Gasteiger partial charge >= 0.3 is 0 Å². The van der Waals surface area contributed by atoms with Crippen LogP contribution < -0.4 is 5.32 Å². The second-order valence-corrected chi connectivity index (χ2v) is 8.92. The highest BCUT2D eigenvalue weighted by Crippen LogP contribution is 2.21. The molecule has 1 N–H and O–H groups in total. The number of amides is 2. The van der Waals surface area contributed by atoms with Crippen molar-refractivity contribution in [1.29, 1.82) is 0 Å². The lowest BCUT2D eigenvalue weighted by molar-refractivity contribution is -0.130. The standard InChI is InChI=1S/C22H26BrN3O2S/c1-2-17-5-3-4-6-20(17)24-21(27)15-25-11-13-26(14-12-25)22(28)16-29-19-9-7-18(23)8-10-19/h3-10H,2,11-16H2,1H3,(H,24,27). The summed E-state index contributed by atoms with van der Waals surface area (Å²) < 4.78 is 1.03. The van der Waals surface area contributed by atoms with Crippen LogP contribution in [0.2, 0.25) is 0 Å². The SMILES string of the molecule is CCc1ccccc1NC(=O)CN1CCN(C(=O)CSc2ccc(Br)cc2)CC1. The molecule has 0 aromatic heterocycles. The Morgan fingerprint density at radius 2 is 1.72 bits per heavy atom. The number of nitrogens with one attached hydrogen (secondary N) is 1. The van der Waals surface area contributed by atoms with E-state index in [1.165, 1.54) is 0 Å². The lowest BCUT2D eigenvalue weighted by Crippen LogP contribution is -2.50. The number of para-hydroxylation sites is 1. The zero-order valence-electron chi connectivity index (χ0n) is 16.6. The van der Waals surface area contributed by atoms with Gasteiger partial charge in [0.15, 0.2) is 0 Å². The summed E-state index contributed by atoms with van der Waals surface area (Å²) in [4.78, 5) is 30.0. The molecule has 2 amide bonds. The summed E-state index contributed by atoms with van der Waals surface area (Å²) >= 11 is 4.98. The van der Waals surface area contributed by atoms with Crippen molar-refractivity contribution in [3.05, 3.63) is 58.6 Å². The van der Waals surface area contributed by atoms with Crippen LogP contribution in [0.25, 0.3) is 0 Å². The van der Waals surface area contributed by atoms with E-state index in [9.17, 15) is 9.59 Å². The van der Waals surface area contributed by atoms with Crippen LogP contribution >= 0.6 is 27.7 Å². The predicted molar refractivity (Wildman–Crippen MR) is 122 cm³/mol. The number of hydrogen-bond donors (Lipinski definition) is 1. The zero-order valence-corrected chi connectivity index (χ0v) is 19.0. The Morgan fingerprint density at radius 1 is 1.03 bits per heavy atom. The van der Waals surface area contributed by atoms with Gasteiger partial charge in [-0.2, -0.15) is 0 Å². The quantitative estimate of drug-likeness (QED) is 0.617. The van der Waals surface area contributed by atoms with E-state index in [1.54, 1.807) is 11.8 Å². The van der Waals surface area contributed by atoms with E-state index in [4.69, 9.17) is 0 Å². The van der Waals surface area contributed by atoms with Crippen molar-refractivity contribution in [2.45, 2.75) is 18.2 Å². The van der Waals surface area contributed by atoms with E-state index < -0.39 is 0 Å². The monoisotopic (exact) mass is 475 g/mol. The van der Waals surface area contributed by atoms with Gasteiger partial charge in [0.25, 0.3) is 0 Å². The molecule has 3 rings (SSSR count). The molecule has 0 unspecified atom stereocenters. The molecule has 1 aliphatic heterocycles. The van der Waals surface area contributed by atoms with Crippen LogP contribution in [0.15, 0.2) is 57.9 Å². The molecule has 1 aliphatic rings. The Bertz CT molecular complexity index is 836. The van der Waals surface area contributed by atoms with Crippen molar-refractivity contribution >= 4 is 45.2 Å². The lowest BCUT2D eigenvalue weighted by Gasteiger charge is -2.34. The van der Waals surface area contributed by atoms with E-state index in [2.05, 4.69) is 33.1 Å². The number of aryl methyl sites for hydroxylation is 1. The van der Waals surface area contributed by atoms with Crippen molar-refractivity contribution < 1.29 is 9.59 Å². The van der Waals surface area contributed by atoms with Crippen molar-refractivity contribution in [2.75, 3.05) is 43.8 Å². The third kappa shape index (κ3) is 6.59. The summed E-state index contributed by atoms with van der Waals surface area (Å²) in [6.45, 7) is 5.20. The average molecular weight is 476 g/mol. The topological polar surface area (TPSA) is 52.7 Å². The van der Waals surface area contributed by atoms with Gasteiger partial charge in [0.1, 0.15) is 0 Å². The molecule has 0 spiro atoms. The summed E-state index contributed by atoms with van der Waals surface area (Å²) in [5, 5.41) is 3.02. The zero-order chi connectivity index (χ0) is 20.6. The molecule has 0 aliphatic carbocycles. The van der Waals surface area contributed by atoms with Gasteiger partial charge < -0.3 is 10.2 Å². The first-order chi connectivity index (χ1) is 14.0. The third-order valence-corrected chi connectivity index (χ3v) is 6.47. The number of anilines is 1. The smallest absolute Gasteiger partial charge is 0.238 e. The lowest BCUT2D eigenvalue weighted by atomic mass is 10.1. The molecule has 0 saturated carbocycles. The van der Waals surface area contributed by atoms with Crippen LogP contribution in [0.4, 0.5) is 5.69 Å². The Morgan fingerprint density at radius 3 is 2.41 bits per heavy atom. The number of piperazine rings is 1. The number of carbonyl (C=O) groups is 2. The fourth-order valence-corrected chi connectivity index (χ4v) is 4.33. The van der Waals surface area contributed by atoms with Gasteiger partial charge in [-0.05, 0) is 42.3 Å². The highest BCUT2D eigenvalue weighted by molar-refractivity contribution is 9.10. The van der Waals surface area contributed by atoms with Crippen molar-refractivity contribution in [1.82, 2.24) is 9.80 Å². The minimum atomic E-state index is -0.00327. The van der Waals surface area contributed by atoms with Crippen LogP contribution in [0.1, 0.15) is 12.5 Å². The first-order valence-electron chi connectivity index (χ1n) is 9.81. The summed E-state index contributed by atoms with van der Waals surface area (Å²) in [6, 6.07) is 15.9. The number of hydrogen-bond acceptors (Lipinski definition) is 4. The van der Waals surface area contributed by atoms with Gasteiger partial charge in [-0.3, -0.25) is 14.5 Å². The molecule has 0 radical (unpaired) electrons. The van der Waals surface area contributed by atoms with Crippen LogP contribution in [0.5, 0.6) is 0 Å². The summed E-state index contributed by atoms with van der Waals surface area (Å²) in [7, 11) is 0. The predicted octanol–water partition coefficient (Wildman–Crippen LogP) is 3.89. The maximum absolute atomic E-state index is 12.5. The number of thioether (sulfide) groups is 1. The normalized spacial score (nSPS) is 14.6. The molecule has 5 nitrogen and oxygen atoms in total. The maximum Gasteiger partial charge on any atom is 0.238 e. The maximum atomic E-state index is 12.5. The molecule has 29 heavy (non-hydrogen) atoms. The summed E-state index contributed by atoms with van der Waals surface area (Å²) in [6.07, 6.45) is 0.884. The van der Waals surface area contributed by atoms with Gasteiger partial charge in [-0.1, -0.05) is 41.1 Å². The molecule has 1 saturated heterocycles. The van der Waals surface area contributed by atoms with Gasteiger partial charge in [-0.25, -0.2) is 0 Å². The van der Waals surface area contributed by atoms with Gasteiger partial charge in [0, 0.05) is 41.2 Å². The minimum Gasteiger partial charge on any atom is -0.339 e. The van der Waals surface area contributed by atoms with E-state index >= 15 is 0 Å². The van der Waals surface area contributed by atoms with Crippen LogP contribution in [-0.2, 0) is 16.0 Å². The Kier molecular flexibility index (Phi) is 8.15. The van der Waals surface area contributed by atoms with E-state index in [0.29, 0.717) is 25.4 Å². The molecule has 7 heteroatoms. The molecular formula is C22H26BrN3O2S. The fourth-order valence-electron chi connectivity index (χ4n) is 3.27. The highest BCUT2D eigenvalue weighted by Gasteiger charge is 2.22. The minimum absolute atomic E-state index is 0.00327. The second-order valence-electron chi connectivity index (χ2n) is 6.96. The average Bonchev–Trinajstić information content (AvgIpc) is 2.74. The van der Waals surface area contributed by atoms with Crippen molar-refractivity contribution in [3.8, 4) is 0 Å². The number of benzene rings is 2. The van der Waals surface area contributed by atoms with Gasteiger partial charge in [0.05, 0.1) is 12.3 Å². The molecule has 154 valence electrons. The largest absolute Gasteiger partial charge is 0.339 e. The van der Waals surface area contributed by atoms with E-state index in [-0.39, 0.29) is 11.8 Å². The number of nitrogens with zero attached hydrogens (tertiary/aromatic N) is 2. The van der Waals surface area contributed by atoms with E-state index in [1.807, 2.05) is 53.4 Å². The number of halogens is 1. The van der Waals surface area contributed by atoms with Crippen LogP contribution in [0.3, 0.4) is 0 Å². The molecule has 0 bridgehead atoms. The first kappa shape index (κ1) is 21.9. The molecular weight excluding hydrogens is 450 g/mol. The Hall–Kier alpha value is -1.83. The van der Waals surface area contributed by atoms with E-state index in [0.717, 1.165) is 40.1 Å². The number of carbonyl (C=O) groups excluding carboxylic acids is 2. The Labute approximate surface area is 185 Å². The van der Waals surface area contributed by atoms with Crippen LogP contribution in [-0.4, -0.2) is 60.1 Å². The molecule has 1 heterocycles. The molecule has 1 fully saturated rings. The van der Waals surface area contributed by atoms with Gasteiger partial charge in [-0.15, -0.1) is 11.8 Å². The molecule has 2 aromatic carbocycles. The summed E-state index contributed by atoms with van der Waals surface area (Å²) in [5.41, 5.74) is 2.03. The van der Waals surface area contributed by atoms with Crippen LogP contribution in [0, 0.1) is 0 Å². The van der Waals surface area contributed by atoms with Crippen molar-refractivity contribution in [2.24, 2.45) is 0 Å². The first-order valence-corrected chi connectivity index (χ1v) is 11.6. The fraction of sp³-hybridized carbons (Fsp3) is 0.364. The molecule has 2 aromatic rings. The number of rotatable bonds is 7. The Balaban J connectivity index is 1.41. The second kappa shape index (κ2) is 10.8. The van der Waals surface area contributed by atoms with Crippen molar-refractivity contribution in [3.63, 3.8) is 0 Å². The third-order valence-electron chi connectivity index (χ3n) is 4.94. The highest BCUT2D eigenvalue weighted by atomic mass is 79.9. The summed E-state index contributed by atoms with van der Waals surface area (Å²) in [5.74, 6) is 0.589.